The number of nitrogens with zero attached hydrogens (tertiary/aromatic N) is 2. The summed E-state index contributed by atoms with van der Waals surface area (Å²) in [4.78, 5) is 16.1. The molecule has 1 fully saturated rings. The zero-order chi connectivity index (χ0) is 22.5. The first-order valence-corrected chi connectivity index (χ1v) is 11.4. The van der Waals surface area contributed by atoms with Gasteiger partial charge in [-0.15, -0.1) is 0 Å². The molecule has 3 aromatic carbocycles. The van der Waals surface area contributed by atoms with E-state index in [2.05, 4.69) is 28.4 Å². The predicted molar refractivity (Wildman–Crippen MR) is 130 cm³/mol. The molecule has 1 saturated heterocycles. The number of carbonyl (C=O) groups excluding carboxylic acids is 1. The molecule has 1 aromatic heterocycles. The molecule has 4 aromatic rings. The fourth-order valence-electron chi connectivity index (χ4n) is 5.12. The van der Waals surface area contributed by atoms with Crippen molar-refractivity contribution in [1.29, 1.82) is 0 Å². The zero-order valence-corrected chi connectivity index (χ0v) is 18.7. The zero-order valence-electron chi connectivity index (χ0n) is 18.7. The largest absolute Gasteiger partial charge is 0.497 e. The SMILES string of the molecule is COc1ccc(Nc2cc(N3CCCC(C)C3)c3noc4c3c2C(=O)c2ccccc2-4)cc1. The van der Waals surface area contributed by atoms with Crippen molar-refractivity contribution >= 4 is 33.7 Å². The molecule has 0 saturated carbocycles. The summed E-state index contributed by atoms with van der Waals surface area (Å²) in [6.45, 7) is 4.21. The summed E-state index contributed by atoms with van der Waals surface area (Å²) < 4.78 is 11.2. The molecule has 6 rings (SSSR count). The lowest BCUT2D eigenvalue weighted by molar-refractivity contribution is 0.104. The summed E-state index contributed by atoms with van der Waals surface area (Å²) in [5.41, 5.74) is 5.48. The molecule has 0 bridgehead atoms. The highest BCUT2D eigenvalue weighted by molar-refractivity contribution is 6.28. The molecular formula is C27H25N3O3. The third kappa shape index (κ3) is 3.17. The monoisotopic (exact) mass is 439 g/mol. The number of methoxy groups -OCH3 is 1. The quantitative estimate of drug-likeness (QED) is 0.369. The van der Waals surface area contributed by atoms with E-state index >= 15 is 0 Å². The number of hydrogen-bond acceptors (Lipinski definition) is 6. The van der Waals surface area contributed by atoms with Gasteiger partial charge in [0, 0.05) is 29.9 Å². The van der Waals surface area contributed by atoms with Gasteiger partial charge in [0.1, 0.15) is 11.3 Å². The van der Waals surface area contributed by atoms with Gasteiger partial charge in [0.25, 0.3) is 0 Å². The number of carbonyl (C=O) groups is 1. The van der Waals surface area contributed by atoms with Gasteiger partial charge in [-0.25, -0.2) is 0 Å². The van der Waals surface area contributed by atoms with Gasteiger partial charge < -0.3 is 19.5 Å². The molecule has 1 aliphatic carbocycles. The standard InChI is InChI=1S/C27H25N3O3/c1-16-6-5-13-30(15-16)22-14-21(28-17-9-11-18(32-2)12-10-17)23-24-25(22)29-33-27(24)20-8-4-3-7-19(20)26(23)31/h3-4,7-12,14,16,28H,5-6,13,15H2,1-2H3. The van der Waals surface area contributed by atoms with E-state index in [1.807, 2.05) is 48.5 Å². The fourth-order valence-corrected chi connectivity index (χ4v) is 5.12. The topological polar surface area (TPSA) is 67.6 Å². The molecule has 33 heavy (non-hydrogen) atoms. The number of hydrogen-bond donors (Lipinski definition) is 1. The Labute approximate surface area is 192 Å². The van der Waals surface area contributed by atoms with Crippen LogP contribution in [-0.4, -0.2) is 31.1 Å². The molecule has 0 spiro atoms. The Bertz CT molecular complexity index is 1370. The maximum Gasteiger partial charge on any atom is 0.196 e. The van der Waals surface area contributed by atoms with Crippen LogP contribution in [0.25, 0.3) is 22.2 Å². The normalized spacial score (nSPS) is 17.2. The number of fused-ring (bicyclic) bond motifs is 2. The molecule has 1 atom stereocenters. The summed E-state index contributed by atoms with van der Waals surface area (Å²) >= 11 is 0. The van der Waals surface area contributed by atoms with Gasteiger partial charge in [-0.1, -0.05) is 36.3 Å². The van der Waals surface area contributed by atoms with Crippen LogP contribution in [0.2, 0.25) is 0 Å². The minimum atomic E-state index is -0.0131. The van der Waals surface area contributed by atoms with Crippen molar-refractivity contribution in [2.24, 2.45) is 5.92 Å². The lowest BCUT2D eigenvalue weighted by atomic mass is 9.86. The lowest BCUT2D eigenvalue weighted by Crippen LogP contribution is -2.34. The Kier molecular flexibility index (Phi) is 4.61. The van der Waals surface area contributed by atoms with Crippen LogP contribution in [0.4, 0.5) is 17.1 Å². The Morgan fingerprint density at radius 2 is 1.91 bits per heavy atom. The number of anilines is 3. The van der Waals surface area contributed by atoms with Gasteiger partial charge in [-0.3, -0.25) is 4.79 Å². The summed E-state index contributed by atoms with van der Waals surface area (Å²) in [6, 6.07) is 17.4. The Hall–Kier alpha value is -3.80. The van der Waals surface area contributed by atoms with E-state index < -0.39 is 0 Å². The second kappa shape index (κ2) is 7.66. The van der Waals surface area contributed by atoms with Crippen LogP contribution in [-0.2, 0) is 0 Å². The number of benzene rings is 3. The first kappa shape index (κ1) is 19.9. The van der Waals surface area contributed by atoms with Crippen molar-refractivity contribution in [1.82, 2.24) is 5.16 Å². The van der Waals surface area contributed by atoms with Gasteiger partial charge in [0.2, 0.25) is 0 Å². The highest BCUT2D eigenvalue weighted by Crippen LogP contribution is 2.46. The molecule has 166 valence electrons. The third-order valence-electron chi connectivity index (χ3n) is 6.75. The minimum absolute atomic E-state index is 0.0131. The van der Waals surface area contributed by atoms with Crippen molar-refractivity contribution in [2.75, 3.05) is 30.4 Å². The summed E-state index contributed by atoms with van der Waals surface area (Å²) in [7, 11) is 1.65. The Morgan fingerprint density at radius 3 is 2.67 bits per heavy atom. The number of ketones is 1. The molecule has 0 amide bonds. The molecular weight excluding hydrogens is 414 g/mol. The van der Waals surface area contributed by atoms with Crippen molar-refractivity contribution in [3.63, 3.8) is 0 Å². The molecule has 1 aliphatic heterocycles. The van der Waals surface area contributed by atoms with Crippen LogP contribution in [0.3, 0.4) is 0 Å². The molecule has 1 unspecified atom stereocenters. The van der Waals surface area contributed by atoms with E-state index in [1.165, 1.54) is 6.42 Å². The average molecular weight is 440 g/mol. The fraction of sp³-hybridized carbons (Fsp3) is 0.259. The van der Waals surface area contributed by atoms with E-state index in [0.29, 0.717) is 22.8 Å². The van der Waals surface area contributed by atoms with Gasteiger partial charge in [-0.2, -0.15) is 0 Å². The summed E-state index contributed by atoms with van der Waals surface area (Å²) in [6.07, 6.45) is 2.36. The Morgan fingerprint density at radius 1 is 1.12 bits per heavy atom. The summed E-state index contributed by atoms with van der Waals surface area (Å²) in [5.74, 6) is 2.04. The number of piperidine rings is 1. The van der Waals surface area contributed by atoms with Gasteiger partial charge in [0.05, 0.1) is 29.4 Å². The van der Waals surface area contributed by atoms with Crippen molar-refractivity contribution in [3.8, 4) is 17.1 Å². The highest BCUT2D eigenvalue weighted by Gasteiger charge is 2.34. The number of nitrogens with one attached hydrogen (secondary N) is 1. The van der Waals surface area contributed by atoms with Crippen molar-refractivity contribution in [2.45, 2.75) is 19.8 Å². The van der Waals surface area contributed by atoms with E-state index in [9.17, 15) is 4.79 Å². The maximum absolute atomic E-state index is 13.7. The minimum Gasteiger partial charge on any atom is -0.497 e. The molecule has 2 heterocycles. The van der Waals surface area contributed by atoms with Crippen LogP contribution in [0.1, 0.15) is 35.7 Å². The van der Waals surface area contributed by atoms with Crippen LogP contribution < -0.4 is 15.0 Å². The Balaban J connectivity index is 1.57. The molecule has 1 N–H and O–H groups in total. The first-order valence-electron chi connectivity index (χ1n) is 11.4. The number of rotatable bonds is 4. The van der Waals surface area contributed by atoms with Gasteiger partial charge in [0.15, 0.2) is 11.5 Å². The number of aromatic nitrogens is 1. The van der Waals surface area contributed by atoms with Gasteiger partial charge in [-0.05, 0) is 49.1 Å². The van der Waals surface area contributed by atoms with Crippen molar-refractivity contribution in [3.05, 3.63) is 65.7 Å². The second-order valence-electron chi connectivity index (χ2n) is 8.98. The van der Waals surface area contributed by atoms with Crippen molar-refractivity contribution < 1.29 is 14.1 Å². The molecule has 6 heteroatoms. The second-order valence-corrected chi connectivity index (χ2v) is 8.98. The van der Waals surface area contributed by atoms with E-state index in [4.69, 9.17) is 9.26 Å². The van der Waals surface area contributed by atoms with Crippen LogP contribution in [0.5, 0.6) is 5.75 Å². The van der Waals surface area contributed by atoms with Crippen LogP contribution in [0.15, 0.2) is 59.1 Å². The first-order chi connectivity index (χ1) is 16.1. The maximum atomic E-state index is 13.7. The summed E-state index contributed by atoms with van der Waals surface area (Å²) in [5, 5.41) is 8.78. The van der Waals surface area contributed by atoms with E-state index in [1.54, 1.807) is 7.11 Å². The molecule has 6 nitrogen and oxygen atoms in total. The number of ether oxygens (including phenoxy) is 1. The van der Waals surface area contributed by atoms with E-state index in [-0.39, 0.29) is 5.78 Å². The van der Waals surface area contributed by atoms with E-state index in [0.717, 1.165) is 58.8 Å². The smallest absolute Gasteiger partial charge is 0.196 e. The van der Waals surface area contributed by atoms with Crippen LogP contribution in [0, 0.1) is 5.92 Å². The van der Waals surface area contributed by atoms with Gasteiger partial charge >= 0.3 is 0 Å². The third-order valence-corrected chi connectivity index (χ3v) is 6.75. The molecule has 2 aliphatic rings. The lowest BCUT2D eigenvalue weighted by Gasteiger charge is -2.33. The highest BCUT2D eigenvalue weighted by atomic mass is 16.5. The van der Waals surface area contributed by atoms with Crippen LogP contribution >= 0.6 is 0 Å². The predicted octanol–water partition coefficient (Wildman–Crippen LogP) is 6.03. The molecule has 0 radical (unpaired) electrons. The average Bonchev–Trinajstić information content (AvgIpc) is 3.28.